The molecule has 0 aliphatic carbocycles. The van der Waals surface area contributed by atoms with Gasteiger partial charge in [0.05, 0.1) is 19.5 Å². The monoisotopic (exact) mass is 384 g/mol. The van der Waals surface area contributed by atoms with E-state index in [2.05, 4.69) is 20.3 Å². The summed E-state index contributed by atoms with van der Waals surface area (Å²) in [6, 6.07) is 7.07. The van der Waals surface area contributed by atoms with E-state index >= 15 is 0 Å². The minimum Gasteiger partial charge on any atom is -0.606 e. The van der Waals surface area contributed by atoms with Crippen molar-refractivity contribution in [3.05, 3.63) is 36.7 Å². The van der Waals surface area contributed by atoms with Gasteiger partial charge in [0, 0.05) is 17.7 Å². The highest BCUT2D eigenvalue weighted by Crippen LogP contribution is 2.32. The standard InChI is InChI=1S/C17H16N6O3S/c1-3-23-15-12(20-17(23)14-16(18)22-26-21-14)8-19-9-13(15)27(24)11-6-4-10(25-2)5-7-11/h4-9H,3H2,1-2H3,(H2,18,22). The first-order chi connectivity index (χ1) is 13.1. The number of methoxy groups -OCH3 is 1. The van der Waals surface area contributed by atoms with Gasteiger partial charge in [0.2, 0.25) is 4.90 Å². The number of pyridine rings is 1. The number of imidazole rings is 1. The zero-order chi connectivity index (χ0) is 19.0. The van der Waals surface area contributed by atoms with Gasteiger partial charge >= 0.3 is 0 Å². The van der Waals surface area contributed by atoms with Crippen molar-refractivity contribution in [1.82, 2.24) is 24.8 Å². The number of anilines is 1. The lowest BCUT2D eigenvalue weighted by atomic mass is 10.3. The van der Waals surface area contributed by atoms with Crippen LogP contribution in [0.2, 0.25) is 0 Å². The predicted octanol–water partition coefficient (Wildman–Crippen LogP) is 2.26. The van der Waals surface area contributed by atoms with E-state index in [1.165, 1.54) is 0 Å². The average Bonchev–Trinajstić information content (AvgIpc) is 3.29. The van der Waals surface area contributed by atoms with Gasteiger partial charge < -0.3 is 19.6 Å². The number of hydrogen-bond acceptors (Lipinski definition) is 8. The second-order valence-corrected chi connectivity index (χ2v) is 7.08. The molecule has 9 nitrogen and oxygen atoms in total. The molecule has 4 aromatic rings. The van der Waals surface area contributed by atoms with Crippen LogP contribution in [0.4, 0.5) is 5.82 Å². The van der Waals surface area contributed by atoms with Crippen molar-refractivity contribution in [2.75, 3.05) is 12.8 Å². The lowest BCUT2D eigenvalue weighted by Crippen LogP contribution is -2.07. The van der Waals surface area contributed by atoms with Gasteiger partial charge in [-0.15, -0.1) is 0 Å². The molecule has 0 bridgehead atoms. The van der Waals surface area contributed by atoms with Crippen LogP contribution in [-0.4, -0.2) is 36.5 Å². The van der Waals surface area contributed by atoms with Gasteiger partial charge in [-0.3, -0.25) is 4.98 Å². The number of rotatable bonds is 5. The third kappa shape index (κ3) is 2.88. The minimum atomic E-state index is -1.45. The van der Waals surface area contributed by atoms with Crippen LogP contribution in [0.3, 0.4) is 0 Å². The van der Waals surface area contributed by atoms with Crippen molar-refractivity contribution < 1.29 is 13.9 Å². The van der Waals surface area contributed by atoms with Crippen LogP contribution in [0.1, 0.15) is 6.92 Å². The lowest BCUT2D eigenvalue weighted by molar-refractivity contribution is 0.310. The Kier molecular flexibility index (Phi) is 4.42. The Labute approximate surface area is 157 Å². The molecule has 1 atom stereocenters. The summed E-state index contributed by atoms with van der Waals surface area (Å²) < 4.78 is 24.9. The highest BCUT2D eigenvalue weighted by Gasteiger charge is 2.26. The van der Waals surface area contributed by atoms with E-state index in [0.29, 0.717) is 44.6 Å². The summed E-state index contributed by atoms with van der Waals surface area (Å²) in [5.74, 6) is 1.33. The molecule has 10 heteroatoms. The number of aryl methyl sites for hydroxylation is 1. The summed E-state index contributed by atoms with van der Waals surface area (Å²) in [4.78, 5) is 9.94. The smallest absolute Gasteiger partial charge is 0.202 e. The third-order valence-corrected chi connectivity index (χ3v) is 5.53. The molecular formula is C17H16N6O3S. The fourth-order valence-electron chi connectivity index (χ4n) is 2.86. The Bertz CT molecular complexity index is 1090. The van der Waals surface area contributed by atoms with Crippen LogP contribution in [0.25, 0.3) is 22.6 Å². The second kappa shape index (κ2) is 6.89. The fourth-order valence-corrected chi connectivity index (χ4v) is 4.04. The van der Waals surface area contributed by atoms with Crippen molar-refractivity contribution in [2.45, 2.75) is 23.3 Å². The number of nitrogens with zero attached hydrogens (tertiary/aromatic N) is 5. The highest BCUT2D eigenvalue weighted by molar-refractivity contribution is 7.91. The van der Waals surface area contributed by atoms with E-state index in [-0.39, 0.29) is 5.82 Å². The topological polar surface area (TPSA) is 128 Å². The van der Waals surface area contributed by atoms with Gasteiger partial charge in [-0.05, 0) is 41.5 Å². The molecule has 0 aliphatic rings. The number of hydrogen-bond donors (Lipinski definition) is 1. The molecule has 0 radical (unpaired) electrons. The summed E-state index contributed by atoms with van der Waals surface area (Å²) in [6.07, 6.45) is 3.20. The largest absolute Gasteiger partial charge is 0.606 e. The Balaban J connectivity index is 1.88. The molecule has 3 aromatic heterocycles. The van der Waals surface area contributed by atoms with Crippen LogP contribution >= 0.6 is 0 Å². The average molecular weight is 384 g/mol. The lowest BCUT2D eigenvalue weighted by Gasteiger charge is -2.12. The van der Waals surface area contributed by atoms with Gasteiger partial charge in [0.15, 0.2) is 22.2 Å². The molecule has 0 fully saturated rings. The molecule has 0 amide bonds. The van der Waals surface area contributed by atoms with Crippen LogP contribution in [0.15, 0.2) is 51.1 Å². The Morgan fingerprint density at radius 1 is 1.22 bits per heavy atom. The van der Waals surface area contributed by atoms with E-state index in [4.69, 9.17) is 15.1 Å². The van der Waals surface area contributed by atoms with Gasteiger partial charge in [0.25, 0.3) is 0 Å². The van der Waals surface area contributed by atoms with E-state index in [1.807, 2.05) is 11.5 Å². The normalized spacial score (nSPS) is 12.4. The molecule has 1 aromatic carbocycles. The van der Waals surface area contributed by atoms with Crippen molar-refractivity contribution >= 4 is 28.0 Å². The Morgan fingerprint density at radius 3 is 2.63 bits per heavy atom. The molecule has 3 heterocycles. The van der Waals surface area contributed by atoms with Crippen LogP contribution in [0.5, 0.6) is 5.75 Å². The maximum atomic E-state index is 13.2. The number of fused-ring (bicyclic) bond motifs is 1. The van der Waals surface area contributed by atoms with E-state index < -0.39 is 11.2 Å². The molecular weight excluding hydrogens is 368 g/mol. The minimum absolute atomic E-state index is 0.144. The van der Waals surface area contributed by atoms with E-state index in [0.717, 1.165) is 0 Å². The van der Waals surface area contributed by atoms with Gasteiger partial charge in [-0.25, -0.2) is 9.61 Å². The van der Waals surface area contributed by atoms with Crippen molar-refractivity contribution in [3.63, 3.8) is 0 Å². The Hall–Kier alpha value is -3.11. The molecule has 2 N–H and O–H groups in total. The molecule has 138 valence electrons. The fraction of sp³-hybridized carbons (Fsp3) is 0.176. The van der Waals surface area contributed by atoms with Gasteiger partial charge in [0.1, 0.15) is 16.8 Å². The first-order valence-corrected chi connectivity index (χ1v) is 9.27. The number of nitrogens with two attached hydrogens (primary N) is 1. The zero-order valence-corrected chi connectivity index (χ0v) is 15.4. The quantitative estimate of drug-likeness (QED) is 0.519. The number of ether oxygens (including phenoxy) is 1. The maximum absolute atomic E-state index is 13.2. The third-order valence-electron chi connectivity index (χ3n) is 4.13. The van der Waals surface area contributed by atoms with Crippen LogP contribution in [-0.2, 0) is 17.7 Å². The van der Waals surface area contributed by atoms with Crippen molar-refractivity contribution in [2.24, 2.45) is 0 Å². The predicted molar refractivity (Wildman–Crippen MR) is 98.6 cm³/mol. The van der Waals surface area contributed by atoms with Gasteiger partial charge in [-0.1, -0.05) is 0 Å². The molecule has 27 heavy (non-hydrogen) atoms. The molecule has 0 aliphatic heterocycles. The Morgan fingerprint density at radius 2 is 2.00 bits per heavy atom. The summed E-state index contributed by atoms with van der Waals surface area (Å²) in [7, 11) is 1.59. The van der Waals surface area contributed by atoms with Crippen molar-refractivity contribution in [1.29, 1.82) is 0 Å². The summed E-state index contributed by atoms with van der Waals surface area (Å²) >= 11 is -1.45. The van der Waals surface area contributed by atoms with E-state index in [1.54, 1.807) is 43.8 Å². The number of aromatic nitrogens is 5. The summed E-state index contributed by atoms with van der Waals surface area (Å²) in [5.41, 5.74) is 7.47. The summed E-state index contributed by atoms with van der Waals surface area (Å²) in [5, 5.41) is 7.45. The molecule has 1 unspecified atom stereocenters. The van der Waals surface area contributed by atoms with E-state index in [9.17, 15) is 4.55 Å². The molecule has 0 saturated carbocycles. The summed E-state index contributed by atoms with van der Waals surface area (Å²) in [6.45, 7) is 2.52. The first-order valence-electron chi connectivity index (χ1n) is 8.12. The van der Waals surface area contributed by atoms with Crippen LogP contribution in [0, 0.1) is 0 Å². The van der Waals surface area contributed by atoms with Crippen molar-refractivity contribution in [3.8, 4) is 17.3 Å². The number of nitrogen functional groups attached to an aromatic ring is 1. The number of benzene rings is 1. The SMILES string of the molecule is CCn1c(-c2nonc2N)nc2cncc([S+]([O-])c3ccc(OC)cc3)c21. The zero-order valence-electron chi connectivity index (χ0n) is 14.6. The maximum Gasteiger partial charge on any atom is 0.202 e. The molecule has 4 rings (SSSR count). The second-order valence-electron chi connectivity index (χ2n) is 5.63. The first kappa shape index (κ1) is 17.3. The molecule has 0 spiro atoms. The highest BCUT2D eigenvalue weighted by atomic mass is 32.2. The van der Waals surface area contributed by atoms with Crippen LogP contribution < -0.4 is 10.5 Å². The van der Waals surface area contributed by atoms with Gasteiger partial charge in [-0.2, -0.15) is 0 Å². The molecule has 0 saturated heterocycles.